The molecule has 12 nitrogen and oxygen atoms in total. The molecule has 2 saturated heterocycles. The molecule has 2 aromatic carbocycles. The van der Waals surface area contributed by atoms with Crippen LogP contribution in [0.25, 0.3) is 11.1 Å². The van der Waals surface area contributed by atoms with Crippen LogP contribution in [-0.2, 0) is 11.6 Å². The third-order valence-electron chi connectivity index (χ3n) is 8.60. The zero-order valence-electron chi connectivity index (χ0n) is 27.4. The Balaban J connectivity index is 1.37. The number of aryl methyl sites for hydroxylation is 1. The Morgan fingerprint density at radius 1 is 1.15 bits per heavy atom. The fourth-order valence-corrected chi connectivity index (χ4v) is 8.14. The van der Waals surface area contributed by atoms with Gasteiger partial charge in [-0.15, -0.1) is 0 Å². The first-order chi connectivity index (χ1) is 22.6. The lowest BCUT2D eigenvalue weighted by atomic mass is 10.0. The van der Waals surface area contributed by atoms with Crippen LogP contribution in [0.4, 0.5) is 40.2 Å². The number of rotatable bonds is 10. The van der Waals surface area contributed by atoms with Gasteiger partial charge in [-0.3, -0.25) is 19.6 Å². The summed E-state index contributed by atoms with van der Waals surface area (Å²) in [7, 11) is 0.780. The summed E-state index contributed by atoms with van der Waals surface area (Å²) < 4.78 is 21.9. The number of aliphatic imine (C=N–C) groups is 2. The van der Waals surface area contributed by atoms with Crippen molar-refractivity contribution in [2.24, 2.45) is 17.0 Å². The minimum Gasteiger partial charge on any atom is -0.494 e. The van der Waals surface area contributed by atoms with E-state index >= 15 is 0 Å². The molecule has 2 aromatic heterocycles. The molecule has 0 bridgehead atoms. The molecule has 47 heavy (non-hydrogen) atoms. The summed E-state index contributed by atoms with van der Waals surface area (Å²) in [6.45, 7) is 13.1. The topological polar surface area (TPSA) is 125 Å². The van der Waals surface area contributed by atoms with Crippen LogP contribution in [0.2, 0.25) is 0 Å². The van der Waals surface area contributed by atoms with E-state index in [1.54, 1.807) is 38.9 Å². The molecule has 2 aliphatic rings. The first-order valence-electron chi connectivity index (χ1n) is 15.5. The van der Waals surface area contributed by atoms with Gasteiger partial charge in [-0.25, -0.2) is 4.98 Å². The van der Waals surface area contributed by atoms with Crippen LogP contribution < -0.4 is 25.6 Å². The summed E-state index contributed by atoms with van der Waals surface area (Å²) in [5.74, 6) is 1.52. The lowest BCUT2D eigenvalue weighted by molar-refractivity contribution is 0.231. The Labute approximate surface area is 283 Å². The van der Waals surface area contributed by atoms with Crippen LogP contribution >= 0.6 is 23.1 Å². The first kappa shape index (κ1) is 32.9. The minimum absolute atomic E-state index is 0.354. The number of hydrogen-bond donors (Lipinski definition) is 2. The second-order valence-electron chi connectivity index (χ2n) is 12.1. The smallest absolute Gasteiger partial charge is 0.229 e. The van der Waals surface area contributed by atoms with Crippen molar-refractivity contribution < 1.29 is 9.30 Å². The van der Waals surface area contributed by atoms with Gasteiger partial charge < -0.3 is 24.8 Å². The third kappa shape index (κ3) is 6.83. The molecule has 1 atom stereocenters. The Bertz CT molecular complexity index is 1890. The number of aromatic nitrogens is 4. The molecule has 14 heteroatoms. The van der Waals surface area contributed by atoms with Crippen molar-refractivity contribution >= 4 is 81.5 Å². The molecule has 246 valence electrons. The molecule has 0 spiro atoms. The average molecular weight is 720 g/mol. The van der Waals surface area contributed by atoms with Gasteiger partial charge in [0.25, 0.3) is 0 Å². The van der Waals surface area contributed by atoms with Gasteiger partial charge in [-0.1, -0.05) is 0 Å². The van der Waals surface area contributed by atoms with Crippen molar-refractivity contribution in [3.05, 3.63) is 47.3 Å². The second-order valence-corrected chi connectivity index (χ2v) is 16.1. The number of benzene rings is 2. The van der Waals surface area contributed by atoms with Crippen molar-refractivity contribution in [2.45, 2.75) is 25.8 Å². The standard InChI is InChI=1S/C33H40BrN10O2P/c1-7-36-30-25(35-2)10-11-26(31(30)47(5,6)45)39-32-24(34)18-37-33(41-32)40-27-15-23(21-17-38-42(3)19-21)28(16-29(27)46-4)44-14-13-43-12-8-9-22(43)20-44/h7,10-11,15-19,22H,2,8-9,12-14,20H2,1,3-6H3,(H2,37,39,40,41)/b36-7-/t22-/m1/s1. The predicted octanol–water partition coefficient (Wildman–Crippen LogP) is 6.72. The maximum absolute atomic E-state index is 13.5. The normalized spacial score (nSPS) is 16.8. The van der Waals surface area contributed by atoms with Gasteiger partial charge in [0.05, 0.1) is 40.1 Å². The quantitative estimate of drug-likeness (QED) is 0.136. The lowest BCUT2D eigenvalue weighted by Gasteiger charge is -2.39. The summed E-state index contributed by atoms with van der Waals surface area (Å²) in [5, 5.41) is 11.8. The van der Waals surface area contributed by atoms with Crippen molar-refractivity contribution in [2.75, 3.05) is 62.2 Å². The van der Waals surface area contributed by atoms with E-state index in [2.05, 4.69) is 75.3 Å². The number of ether oxygens (including phenoxy) is 1. The zero-order chi connectivity index (χ0) is 33.3. The van der Waals surface area contributed by atoms with Gasteiger partial charge in [0.15, 0.2) is 0 Å². The summed E-state index contributed by atoms with van der Waals surface area (Å²) in [6, 6.07) is 8.38. The minimum atomic E-state index is -2.82. The molecule has 4 aromatic rings. The van der Waals surface area contributed by atoms with Crippen LogP contribution in [0.5, 0.6) is 5.75 Å². The van der Waals surface area contributed by atoms with Crippen LogP contribution in [-0.4, -0.2) is 90.2 Å². The van der Waals surface area contributed by atoms with Crippen LogP contribution in [0.1, 0.15) is 19.8 Å². The number of methoxy groups -OCH3 is 1. The maximum Gasteiger partial charge on any atom is 0.229 e. The van der Waals surface area contributed by atoms with Gasteiger partial charge in [-0.2, -0.15) is 10.1 Å². The molecule has 0 aliphatic carbocycles. The van der Waals surface area contributed by atoms with E-state index < -0.39 is 7.14 Å². The van der Waals surface area contributed by atoms with E-state index in [1.165, 1.54) is 19.4 Å². The summed E-state index contributed by atoms with van der Waals surface area (Å²) >= 11 is 3.59. The van der Waals surface area contributed by atoms with E-state index in [1.807, 2.05) is 37.1 Å². The molecule has 2 aliphatic heterocycles. The van der Waals surface area contributed by atoms with E-state index in [0.717, 1.165) is 42.1 Å². The summed E-state index contributed by atoms with van der Waals surface area (Å²) in [6.07, 6.45) is 9.73. The highest BCUT2D eigenvalue weighted by molar-refractivity contribution is 9.10. The molecular formula is C33H40BrN10O2P. The molecule has 0 radical (unpaired) electrons. The fourth-order valence-electron chi connectivity index (χ4n) is 6.46. The number of fused-ring (bicyclic) bond motifs is 1. The first-order valence-corrected chi connectivity index (χ1v) is 18.9. The maximum atomic E-state index is 13.5. The van der Waals surface area contributed by atoms with Gasteiger partial charge in [0, 0.05) is 74.2 Å². The Morgan fingerprint density at radius 2 is 1.98 bits per heavy atom. The highest BCUT2D eigenvalue weighted by Crippen LogP contribution is 2.46. The highest BCUT2D eigenvalue weighted by Gasteiger charge is 2.32. The number of hydrogen-bond acceptors (Lipinski definition) is 11. The van der Waals surface area contributed by atoms with Crippen LogP contribution in [0, 0.1) is 0 Å². The Kier molecular flexibility index (Phi) is 9.50. The van der Waals surface area contributed by atoms with E-state index in [4.69, 9.17) is 9.72 Å². The van der Waals surface area contributed by atoms with Crippen LogP contribution in [0.3, 0.4) is 0 Å². The summed E-state index contributed by atoms with van der Waals surface area (Å²) in [5.41, 5.74) is 5.59. The summed E-state index contributed by atoms with van der Waals surface area (Å²) in [4.78, 5) is 23.0. The van der Waals surface area contributed by atoms with E-state index in [9.17, 15) is 4.57 Å². The van der Waals surface area contributed by atoms with Crippen LogP contribution in [0.15, 0.2) is 57.3 Å². The largest absolute Gasteiger partial charge is 0.494 e. The van der Waals surface area contributed by atoms with Gasteiger partial charge in [-0.05, 0) is 80.5 Å². The Morgan fingerprint density at radius 3 is 2.68 bits per heavy atom. The number of halogens is 1. The molecular weight excluding hydrogens is 679 g/mol. The zero-order valence-corrected chi connectivity index (χ0v) is 29.8. The molecule has 4 heterocycles. The molecule has 0 amide bonds. The fraction of sp³-hybridized carbons (Fsp3) is 0.364. The molecule has 2 N–H and O–H groups in total. The SMILES string of the molecule is C=Nc1ccc(Nc2nc(Nc3cc(-c4cnn(C)c4)c(N4CCN5CCC[C@@H]5C4)cc3OC)ncc2Br)c(P(C)(C)=O)c1/N=C\C. The molecule has 6 rings (SSSR count). The monoisotopic (exact) mass is 718 g/mol. The number of nitrogens with zero attached hydrogens (tertiary/aromatic N) is 8. The molecule has 0 unspecified atom stereocenters. The number of anilines is 5. The average Bonchev–Trinajstić information content (AvgIpc) is 3.70. The van der Waals surface area contributed by atoms with E-state index in [0.29, 0.717) is 50.4 Å². The van der Waals surface area contributed by atoms with E-state index in [-0.39, 0.29) is 0 Å². The van der Waals surface area contributed by atoms with Gasteiger partial charge in [0.2, 0.25) is 5.95 Å². The number of nitrogens with one attached hydrogen (secondary N) is 2. The molecule has 2 fully saturated rings. The van der Waals surface area contributed by atoms with Gasteiger partial charge in [0.1, 0.15) is 24.4 Å². The van der Waals surface area contributed by atoms with Crippen molar-refractivity contribution in [1.29, 1.82) is 0 Å². The molecule has 0 saturated carbocycles. The highest BCUT2D eigenvalue weighted by atomic mass is 79.9. The predicted molar refractivity (Wildman–Crippen MR) is 197 cm³/mol. The third-order valence-corrected chi connectivity index (χ3v) is 10.7. The number of piperazine rings is 1. The van der Waals surface area contributed by atoms with Crippen molar-refractivity contribution in [3.63, 3.8) is 0 Å². The van der Waals surface area contributed by atoms with Crippen molar-refractivity contribution in [3.8, 4) is 16.9 Å². The lowest BCUT2D eigenvalue weighted by Crippen LogP contribution is -2.50. The second kappa shape index (κ2) is 13.6. The van der Waals surface area contributed by atoms with Crippen molar-refractivity contribution in [1.82, 2.24) is 24.6 Å². The Hall–Kier alpha value is -4.06. The van der Waals surface area contributed by atoms with Gasteiger partial charge >= 0.3 is 0 Å².